The molecule has 4 rings (SSSR count). The van der Waals surface area contributed by atoms with E-state index in [1.807, 2.05) is 16.9 Å². The number of hydrogen-bond donors (Lipinski definition) is 1. The fourth-order valence-corrected chi connectivity index (χ4v) is 3.64. The van der Waals surface area contributed by atoms with Gasteiger partial charge in [0.1, 0.15) is 0 Å². The van der Waals surface area contributed by atoms with Crippen LogP contribution in [-0.2, 0) is 9.84 Å². The fourth-order valence-electron chi connectivity index (χ4n) is 3.01. The van der Waals surface area contributed by atoms with Gasteiger partial charge in [0.2, 0.25) is 5.82 Å². The molecule has 26 heavy (non-hydrogen) atoms. The summed E-state index contributed by atoms with van der Waals surface area (Å²) < 4.78 is 30.3. The van der Waals surface area contributed by atoms with Crippen molar-refractivity contribution in [2.24, 2.45) is 0 Å². The van der Waals surface area contributed by atoms with Crippen molar-refractivity contribution in [3.63, 3.8) is 0 Å². The minimum Gasteiger partial charge on any atom is -0.332 e. The molecular weight excluding hydrogens is 354 g/mol. The van der Waals surface area contributed by atoms with E-state index in [2.05, 4.69) is 20.6 Å². The molecule has 1 atom stereocenters. The van der Waals surface area contributed by atoms with Gasteiger partial charge in [0, 0.05) is 24.6 Å². The second-order valence-corrected chi connectivity index (χ2v) is 8.42. The summed E-state index contributed by atoms with van der Waals surface area (Å²) in [6.07, 6.45) is 5.33. The van der Waals surface area contributed by atoms with E-state index in [0.717, 1.165) is 25.9 Å². The van der Waals surface area contributed by atoms with Gasteiger partial charge in [-0.25, -0.2) is 8.42 Å². The highest BCUT2D eigenvalue weighted by Crippen LogP contribution is 2.24. The molecule has 3 aromatic rings. The number of nitrogens with one attached hydrogen (secondary N) is 1. The minimum atomic E-state index is -3.23. The van der Waals surface area contributed by atoms with Crippen LogP contribution in [0.25, 0.3) is 23.0 Å². The maximum absolute atomic E-state index is 11.5. The number of benzene rings is 1. The van der Waals surface area contributed by atoms with Crippen molar-refractivity contribution < 1.29 is 12.9 Å². The summed E-state index contributed by atoms with van der Waals surface area (Å²) in [7, 11) is -3.23. The lowest BCUT2D eigenvalue weighted by molar-refractivity contribution is 0.346. The van der Waals surface area contributed by atoms with Crippen LogP contribution in [0.1, 0.15) is 18.9 Å². The van der Waals surface area contributed by atoms with Crippen molar-refractivity contribution in [1.82, 2.24) is 25.2 Å². The first-order chi connectivity index (χ1) is 12.5. The molecule has 1 N–H and O–H groups in total. The molecule has 0 spiro atoms. The van der Waals surface area contributed by atoms with Gasteiger partial charge in [0.05, 0.1) is 10.9 Å². The van der Waals surface area contributed by atoms with Crippen LogP contribution in [0.15, 0.2) is 45.9 Å². The first-order valence-corrected chi connectivity index (χ1v) is 10.3. The van der Waals surface area contributed by atoms with E-state index in [1.54, 1.807) is 12.1 Å². The molecule has 136 valence electrons. The first-order valence-electron chi connectivity index (χ1n) is 8.41. The average molecular weight is 373 g/mol. The molecule has 1 aromatic carbocycles. The molecule has 0 amide bonds. The van der Waals surface area contributed by atoms with Gasteiger partial charge in [0.15, 0.2) is 15.5 Å². The van der Waals surface area contributed by atoms with Crippen LogP contribution in [0, 0.1) is 0 Å². The highest BCUT2D eigenvalue weighted by atomic mass is 32.2. The Balaban J connectivity index is 1.55. The Kier molecular flexibility index (Phi) is 4.33. The van der Waals surface area contributed by atoms with Gasteiger partial charge in [-0.1, -0.05) is 5.16 Å². The molecule has 0 radical (unpaired) electrons. The van der Waals surface area contributed by atoms with Crippen LogP contribution in [0.4, 0.5) is 0 Å². The third kappa shape index (κ3) is 3.40. The Morgan fingerprint density at radius 2 is 2.04 bits per heavy atom. The SMILES string of the molecule is CS(=O)(=O)c1ccc(-c2noc(-c3ccn(C4CCCNC4)n3)n2)cc1. The zero-order chi connectivity index (χ0) is 18.1. The zero-order valence-electron chi connectivity index (χ0n) is 14.3. The van der Waals surface area contributed by atoms with Crippen LogP contribution < -0.4 is 5.32 Å². The third-order valence-corrected chi connectivity index (χ3v) is 5.57. The Labute approximate surface area is 151 Å². The molecular formula is C17H19N5O3S. The molecule has 0 aliphatic carbocycles. The van der Waals surface area contributed by atoms with Gasteiger partial charge in [-0.15, -0.1) is 0 Å². The zero-order valence-corrected chi connectivity index (χ0v) is 15.1. The summed E-state index contributed by atoms with van der Waals surface area (Å²) in [5.74, 6) is 0.739. The molecule has 1 saturated heterocycles. The van der Waals surface area contributed by atoms with Crippen molar-refractivity contribution in [3.05, 3.63) is 36.5 Å². The van der Waals surface area contributed by atoms with Crippen molar-refractivity contribution in [2.75, 3.05) is 19.3 Å². The molecule has 1 aliphatic rings. The first kappa shape index (κ1) is 16.9. The molecule has 1 fully saturated rings. The second-order valence-electron chi connectivity index (χ2n) is 6.40. The van der Waals surface area contributed by atoms with E-state index >= 15 is 0 Å². The standard InChI is InChI=1S/C17H19N5O3S/c1-26(23,24)14-6-4-12(5-7-14)16-19-17(25-21-16)15-8-10-22(20-15)13-3-2-9-18-11-13/h4-8,10,13,18H,2-3,9,11H2,1H3. The summed E-state index contributed by atoms with van der Waals surface area (Å²) in [5.41, 5.74) is 1.31. The third-order valence-electron chi connectivity index (χ3n) is 4.44. The Morgan fingerprint density at radius 1 is 1.23 bits per heavy atom. The molecule has 0 bridgehead atoms. The monoisotopic (exact) mass is 373 g/mol. The number of piperidine rings is 1. The van der Waals surface area contributed by atoms with Crippen molar-refractivity contribution in [3.8, 4) is 23.0 Å². The van der Waals surface area contributed by atoms with Gasteiger partial charge in [-0.05, 0) is 49.7 Å². The van der Waals surface area contributed by atoms with Crippen LogP contribution in [0.5, 0.6) is 0 Å². The predicted octanol–water partition coefficient (Wildman–Crippen LogP) is 1.93. The molecule has 8 nitrogen and oxygen atoms in total. The molecule has 1 aliphatic heterocycles. The van der Waals surface area contributed by atoms with Crippen LogP contribution >= 0.6 is 0 Å². The molecule has 9 heteroatoms. The van der Waals surface area contributed by atoms with Crippen LogP contribution in [0.3, 0.4) is 0 Å². The molecule has 1 unspecified atom stereocenters. The highest BCUT2D eigenvalue weighted by molar-refractivity contribution is 7.90. The van der Waals surface area contributed by atoms with Crippen molar-refractivity contribution in [2.45, 2.75) is 23.8 Å². The lowest BCUT2D eigenvalue weighted by Gasteiger charge is -2.22. The van der Waals surface area contributed by atoms with E-state index in [9.17, 15) is 8.42 Å². The average Bonchev–Trinajstić information content (AvgIpc) is 3.31. The topological polar surface area (TPSA) is 103 Å². The Hall–Kier alpha value is -2.52. The van der Waals surface area contributed by atoms with Crippen LogP contribution in [0.2, 0.25) is 0 Å². The fraction of sp³-hybridized carbons (Fsp3) is 0.353. The highest BCUT2D eigenvalue weighted by Gasteiger charge is 2.18. The van der Waals surface area contributed by atoms with E-state index in [1.165, 1.54) is 18.4 Å². The largest absolute Gasteiger partial charge is 0.332 e. The summed E-state index contributed by atoms with van der Waals surface area (Å²) in [5, 5.41) is 11.9. The summed E-state index contributed by atoms with van der Waals surface area (Å²) in [4.78, 5) is 4.64. The molecule has 0 saturated carbocycles. The van der Waals surface area contributed by atoms with E-state index < -0.39 is 9.84 Å². The predicted molar refractivity (Wildman–Crippen MR) is 95.2 cm³/mol. The van der Waals surface area contributed by atoms with Crippen molar-refractivity contribution >= 4 is 9.84 Å². The Bertz CT molecular complexity index is 1000. The summed E-state index contributed by atoms with van der Waals surface area (Å²) in [6, 6.07) is 8.59. The second kappa shape index (κ2) is 6.65. The number of rotatable bonds is 4. The maximum atomic E-state index is 11.5. The Morgan fingerprint density at radius 3 is 2.73 bits per heavy atom. The smallest absolute Gasteiger partial charge is 0.278 e. The van der Waals surface area contributed by atoms with E-state index in [0.29, 0.717) is 29.0 Å². The van der Waals surface area contributed by atoms with Gasteiger partial charge in [-0.2, -0.15) is 10.1 Å². The molecule has 3 heterocycles. The molecule has 2 aromatic heterocycles. The number of nitrogens with zero attached hydrogens (tertiary/aromatic N) is 4. The van der Waals surface area contributed by atoms with E-state index in [4.69, 9.17) is 4.52 Å². The summed E-state index contributed by atoms with van der Waals surface area (Å²) in [6.45, 7) is 1.96. The van der Waals surface area contributed by atoms with E-state index in [-0.39, 0.29) is 4.90 Å². The lowest BCUT2D eigenvalue weighted by atomic mass is 10.1. The summed E-state index contributed by atoms with van der Waals surface area (Å²) >= 11 is 0. The van der Waals surface area contributed by atoms with Gasteiger partial charge < -0.3 is 9.84 Å². The quantitative estimate of drug-likeness (QED) is 0.745. The van der Waals surface area contributed by atoms with Crippen LogP contribution in [-0.4, -0.2) is 47.7 Å². The number of hydrogen-bond acceptors (Lipinski definition) is 7. The van der Waals surface area contributed by atoms with Gasteiger partial charge in [0.25, 0.3) is 5.89 Å². The van der Waals surface area contributed by atoms with Gasteiger partial charge >= 0.3 is 0 Å². The lowest BCUT2D eigenvalue weighted by Crippen LogP contribution is -2.31. The number of sulfone groups is 1. The normalized spacial score (nSPS) is 18.1. The number of aromatic nitrogens is 4. The van der Waals surface area contributed by atoms with Gasteiger partial charge in [-0.3, -0.25) is 4.68 Å². The van der Waals surface area contributed by atoms with Crippen molar-refractivity contribution in [1.29, 1.82) is 0 Å². The minimum absolute atomic E-state index is 0.254. The maximum Gasteiger partial charge on any atom is 0.278 e.